The summed E-state index contributed by atoms with van der Waals surface area (Å²) >= 11 is 0. The Morgan fingerprint density at radius 3 is 2.48 bits per heavy atom. The van der Waals surface area contributed by atoms with Crippen molar-refractivity contribution in [3.05, 3.63) is 35.9 Å². The fraction of sp³-hybridized carbons (Fsp3) is 0.476. The number of hydrogen-bond acceptors (Lipinski definition) is 4. The Balaban J connectivity index is 1.59. The van der Waals surface area contributed by atoms with E-state index in [0.717, 1.165) is 55.5 Å². The zero-order valence-corrected chi connectivity index (χ0v) is 15.9. The summed E-state index contributed by atoms with van der Waals surface area (Å²) in [4.78, 5) is 33.6. The van der Waals surface area contributed by atoms with Gasteiger partial charge in [-0.2, -0.15) is 0 Å². The third-order valence-electron chi connectivity index (χ3n) is 5.47. The topological polar surface area (TPSA) is 65.5 Å². The molecule has 0 spiro atoms. The fourth-order valence-electron chi connectivity index (χ4n) is 3.72. The van der Waals surface area contributed by atoms with E-state index in [9.17, 15) is 9.59 Å². The molecule has 0 unspecified atom stereocenters. The number of benzene rings is 1. The molecular formula is C21H26N4O2. The quantitative estimate of drug-likeness (QED) is 0.903. The number of fused-ring (bicyclic) bond motifs is 1. The second-order valence-electron chi connectivity index (χ2n) is 7.79. The van der Waals surface area contributed by atoms with Crippen LogP contribution in [0.4, 0.5) is 5.82 Å². The number of nitrogens with one attached hydrogen (secondary N) is 1. The summed E-state index contributed by atoms with van der Waals surface area (Å²) in [6, 6.07) is 10.0. The largest absolute Gasteiger partial charge is 0.357 e. The van der Waals surface area contributed by atoms with Crippen LogP contribution in [-0.4, -0.2) is 54.9 Å². The van der Waals surface area contributed by atoms with Gasteiger partial charge in [-0.05, 0) is 37.8 Å². The van der Waals surface area contributed by atoms with Crippen molar-refractivity contribution < 1.29 is 9.59 Å². The normalized spacial score (nSPS) is 17.8. The summed E-state index contributed by atoms with van der Waals surface area (Å²) in [7, 11) is 3.62. The van der Waals surface area contributed by atoms with E-state index in [-0.39, 0.29) is 17.7 Å². The van der Waals surface area contributed by atoms with Crippen LogP contribution in [0.2, 0.25) is 0 Å². The standard InChI is InChI=1S/C21H26N4O2/c1-24(2)21(27)14-9-11-25(12-10-14)19-13-17(20(26)22-15-7-8-15)16-5-3-4-6-18(16)23-19/h3-6,13-15H,7-12H2,1-2H3,(H,22,26). The minimum absolute atomic E-state index is 0.0185. The highest BCUT2D eigenvalue weighted by atomic mass is 16.2. The predicted molar refractivity (Wildman–Crippen MR) is 106 cm³/mol. The lowest BCUT2D eigenvalue weighted by Gasteiger charge is -2.33. The third kappa shape index (κ3) is 3.75. The Labute approximate surface area is 159 Å². The summed E-state index contributed by atoms with van der Waals surface area (Å²) < 4.78 is 0. The van der Waals surface area contributed by atoms with Crippen molar-refractivity contribution in [1.82, 2.24) is 15.2 Å². The second kappa shape index (κ2) is 7.18. The number of piperidine rings is 1. The lowest BCUT2D eigenvalue weighted by Crippen LogP contribution is -2.40. The number of para-hydroxylation sites is 1. The van der Waals surface area contributed by atoms with Crippen molar-refractivity contribution in [2.45, 2.75) is 31.7 Å². The van der Waals surface area contributed by atoms with Gasteiger partial charge in [-0.3, -0.25) is 9.59 Å². The maximum atomic E-state index is 12.8. The fourth-order valence-corrected chi connectivity index (χ4v) is 3.72. The van der Waals surface area contributed by atoms with Gasteiger partial charge >= 0.3 is 0 Å². The van der Waals surface area contributed by atoms with Gasteiger partial charge in [0.2, 0.25) is 5.91 Å². The Morgan fingerprint density at radius 2 is 1.81 bits per heavy atom. The molecule has 2 aromatic rings. The number of carbonyl (C=O) groups excluding carboxylic acids is 2. The molecule has 1 aliphatic carbocycles. The molecule has 2 heterocycles. The third-order valence-corrected chi connectivity index (χ3v) is 5.47. The van der Waals surface area contributed by atoms with E-state index in [1.807, 2.05) is 44.4 Å². The molecule has 1 aliphatic heterocycles. The maximum Gasteiger partial charge on any atom is 0.252 e. The van der Waals surface area contributed by atoms with E-state index in [2.05, 4.69) is 10.2 Å². The highest BCUT2D eigenvalue weighted by Crippen LogP contribution is 2.28. The summed E-state index contributed by atoms with van der Waals surface area (Å²) in [6.07, 6.45) is 3.76. The number of pyridine rings is 1. The molecule has 0 atom stereocenters. The molecule has 142 valence electrons. The lowest BCUT2D eigenvalue weighted by atomic mass is 9.95. The first-order valence-corrected chi connectivity index (χ1v) is 9.69. The average Bonchev–Trinajstić information content (AvgIpc) is 3.50. The van der Waals surface area contributed by atoms with Crippen LogP contribution < -0.4 is 10.2 Å². The van der Waals surface area contributed by atoms with Gasteiger partial charge in [0.05, 0.1) is 11.1 Å². The Kier molecular flexibility index (Phi) is 4.72. The van der Waals surface area contributed by atoms with E-state index in [1.165, 1.54) is 0 Å². The van der Waals surface area contributed by atoms with Crippen molar-refractivity contribution in [1.29, 1.82) is 0 Å². The minimum atomic E-state index is -0.0185. The molecule has 2 fully saturated rings. The Hall–Kier alpha value is -2.63. The number of carbonyl (C=O) groups is 2. The van der Waals surface area contributed by atoms with Gasteiger partial charge in [0, 0.05) is 44.5 Å². The van der Waals surface area contributed by atoms with Crippen molar-refractivity contribution in [3.8, 4) is 0 Å². The molecule has 6 heteroatoms. The average molecular weight is 366 g/mol. The maximum absolute atomic E-state index is 12.8. The van der Waals surface area contributed by atoms with E-state index in [0.29, 0.717) is 11.6 Å². The van der Waals surface area contributed by atoms with Gasteiger partial charge < -0.3 is 15.1 Å². The van der Waals surface area contributed by atoms with Gasteiger partial charge in [-0.1, -0.05) is 18.2 Å². The van der Waals surface area contributed by atoms with Crippen LogP contribution in [0.3, 0.4) is 0 Å². The molecule has 0 radical (unpaired) electrons. The number of amides is 2. The molecule has 2 aliphatic rings. The smallest absolute Gasteiger partial charge is 0.252 e. The Morgan fingerprint density at radius 1 is 1.11 bits per heavy atom. The van der Waals surface area contributed by atoms with Gasteiger partial charge in [0.15, 0.2) is 0 Å². The van der Waals surface area contributed by atoms with Crippen LogP contribution in [0, 0.1) is 5.92 Å². The molecule has 1 saturated carbocycles. The molecule has 1 aromatic heterocycles. The number of aromatic nitrogens is 1. The van der Waals surface area contributed by atoms with Gasteiger partial charge in [-0.25, -0.2) is 4.98 Å². The van der Waals surface area contributed by atoms with Crippen molar-refractivity contribution in [2.24, 2.45) is 5.92 Å². The lowest BCUT2D eigenvalue weighted by molar-refractivity contribution is -0.133. The van der Waals surface area contributed by atoms with E-state index >= 15 is 0 Å². The zero-order valence-electron chi connectivity index (χ0n) is 15.9. The molecule has 1 aromatic carbocycles. The predicted octanol–water partition coefficient (Wildman–Crippen LogP) is 2.43. The number of rotatable bonds is 4. The summed E-state index contributed by atoms with van der Waals surface area (Å²) in [5, 5.41) is 3.98. The molecule has 2 amide bonds. The number of hydrogen-bond donors (Lipinski definition) is 1. The molecule has 6 nitrogen and oxygen atoms in total. The molecular weight excluding hydrogens is 340 g/mol. The molecule has 1 N–H and O–H groups in total. The van der Waals surface area contributed by atoms with Crippen LogP contribution in [0.1, 0.15) is 36.0 Å². The van der Waals surface area contributed by atoms with Crippen LogP contribution in [0.5, 0.6) is 0 Å². The number of anilines is 1. The molecule has 1 saturated heterocycles. The Bertz CT molecular complexity index is 868. The van der Waals surface area contributed by atoms with E-state index in [4.69, 9.17) is 4.98 Å². The first kappa shape index (κ1) is 17.8. The van der Waals surface area contributed by atoms with Crippen LogP contribution in [0.25, 0.3) is 10.9 Å². The first-order chi connectivity index (χ1) is 13.0. The molecule has 27 heavy (non-hydrogen) atoms. The highest BCUT2D eigenvalue weighted by molar-refractivity contribution is 6.07. The second-order valence-corrected chi connectivity index (χ2v) is 7.79. The molecule has 4 rings (SSSR count). The van der Waals surface area contributed by atoms with Gasteiger partial charge in [0.25, 0.3) is 5.91 Å². The van der Waals surface area contributed by atoms with Crippen molar-refractivity contribution >= 4 is 28.5 Å². The summed E-state index contributed by atoms with van der Waals surface area (Å²) in [5.41, 5.74) is 1.52. The summed E-state index contributed by atoms with van der Waals surface area (Å²) in [6.45, 7) is 1.55. The molecule has 0 bridgehead atoms. The van der Waals surface area contributed by atoms with E-state index < -0.39 is 0 Å². The number of nitrogens with zero attached hydrogens (tertiary/aromatic N) is 3. The van der Waals surface area contributed by atoms with E-state index in [1.54, 1.807) is 4.90 Å². The van der Waals surface area contributed by atoms with Crippen molar-refractivity contribution in [3.63, 3.8) is 0 Å². The van der Waals surface area contributed by atoms with Crippen LogP contribution in [0.15, 0.2) is 30.3 Å². The monoisotopic (exact) mass is 366 g/mol. The van der Waals surface area contributed by atoms with Crippen molar-refractivity contribution in [2.75, 3.05) is 32.1 Å². The SMILES string of the molecule is CN(C)C(=O)C1CCN(c2cc(C(=O)NC3CC3)c3ccccc3n2)CC1. The zero-order chi connectivity index (χ0) is 19.0. The summed E-state index contributed by atoms with van der Waals surface area (Å²) in [5.74, 6) is 1.08. The van der Waals surface area contributed by atoms with Gasteiger partial charge in [-0.15, -0.1) is 0 Å². The van der Waals surface area contributed by atoms with Crippen LogP contribution in [-0.2, 0) is 4.79 Å². The highest BCUT2D eigenvalue weighted by Gasteiger charge is 2.28. The minimum Gasteiger partial charge on any atom is -0.357 e. The first-order valence-electron chi connectivity index (χ1n) is 9.69. The van der Waals surface area contributed by atoms with Crippen LogP contribution >= 0.6 is 0 Å². The van der Waals surface area contributed by atoms with Gasteiger partial charge in [0.1, 0.15) is 5.82 Å².